The Morgan fingerprint density at radius 3 is 2.80 bits per heavy atom. The van der Waals surface area contributed by atoms with Gasteiger partial charge in [-0.2, -0.15) is 0 Å². The van der Waals surface area contributed by atoms with Crippen LogP contribution in [0.3, 0.4) is 0 Å². The highest BCUT2D eigenvalue weighted by molar-refractivity contribution is 6.35. The monoisotopic (exact) mass is 245 g/mol. The lowest BCUT2D eigenvalue weighted by Gasteiger charge is -2.19. The van der Waals surface area contributed by atoms with Crippen LogP contribution in [0.5, 0.6) is 0 Å². The minimum Gasteiger partial charge on any atom is -0.387 e. The first-order valence-electron chi connectivity index (χ1n) is 5.01. The number of fused-ring (bicyclic) bond motifs is 1. The molecule has 1 aromatic carbocycles. The Balaban J connectivity index is 2.53. The molecule has 2 rings (SSSR count). The van der Waals surface area contributed by atoms with Gasteiger partial charge < -0.3 is 10.8 Å². The molecule has 0 bridgehead atoms. The van der Waals surface area contributed by atoms with E-state index in [4.69, 9.17) is 28.9 Å². The smallest absolute Gasteiger partial charge is 0.0957 e. The summed E-state index contributed by atoms with van der Waals surface area (Å²) in [5.41, 5.74) is 7.64. The first kappa shape index (κ1) is 11.2. The van der Waals surface area contributed by atoms with E-state index in [1.807, 2.05) is 6.07 Å². The van der Waals surface area contributed by atoms with E-state index in [-0.39, 0.29) is 6.04 Å². The zero-order chi connectivity index (χ0) is 11.0. The van der Waals surface area contributed by atoms with Crippen molar-refractivity contribution < 1.29 is 5.11 Å². The zero-order valence-corrected chi connectivity index (χ0v) is 9.72. The number of aryl methyl sites for hydroxylation is 1. The summed E-state index contributed by atoms with van der Waals surface area (Å²) in [4.78, 5) is 0. The molecule has 1 aromatic rings. The molecule has 15 heavy (non-hydrogen) atoms. The van der Waals surface area contributed by atoms with Gasteiger partial charge in [0.05, 0.1) is 6.10 Å². The third-order valence-corrected chi connectivity index (χ3v) is 3.40. The predicted octanol–water partition coefficient (Wildman–Crippen LogP) is 2.69. The van der Waals surface area contributed by atoms with E-state index in [1.54, 1.807) is 6.07 Å². The van der Waals surface area contributed by atoms with Gasteiger partial charge in [0, 0.05) is 21.7 Å². The average molecular weight is 246 g/mol. The quantitative estimate of drug-likeness (QED) is 0.691. The summed E-state index contributed by atoms with van der Waals surface area (Å²) in [6, 6.07) is 3.29. The third kappa shape index (κ3) is 2.13. The molecule has 0 fully saturated rings. The molecule has 0 saturated carbocycles. The van der Waals surface area contributed by atoms with Crippen LogP contribution < -0.4 is 5.73 Å². The average Bonchev–Trinajstić information content (AvgIpc) is 2.27. The van der Waals surface area contributed by atoms with Crippen LogP contribution in [0.1, 0.15) is 30.1 Å². The number of hydrogen-bond donors (Lipinski definition) is 2. The largest absolute Gasteiger partial charge is 0.387 e. The van der Waals surface area contributed by atoms with E-state index >= 15 is 0 Å². The lowest BCUT2D eigenvalue weighted by Crippen LogP contribution is -2.27. The molecular weight excluding hydrogens is 233 g/mol. The van der Waals surface area contributed by atoms with Gasteiger partial charge in [-0.1, -0.05) is 23.2 Å². The van der Waals surface area contributed by atoms with Gasteiger partial charge >= 0.3 is 0 Å². The van der Waals surface area contributed by atoms with Gasteiger partial charge in [0.15, 0.2) is 0 Å². The zero-order valence-electron chi connectivity index (χ0n) is 8.21. The number of halogens is 2. The standard InChI is InChI=1S/C11H13Cl2NO/c12-7-4-6-2-1-3-9(14)11(15)10(6)8(13)5-7/h4-5,9,11,15H,1-3,14H2/t9-,11-/m0/s1. The van der Waals surface area contributed by atoms with Gasteiger partial charge in [-0.05, 0) is 37.0 Å². The second-order valence-electron chi connectivity index (χ2n) is 3.96. The first-order chi connectivity index (χ1) is 7.09. The maximum atomic E-state index is 10.0. The predicted molar refractivity (Wildman–Crippen MR) is 62.3 cm³/mol. The SMILES string of the molecule is N[C@H]1CCCc2cc(Cl)cc(Cl)c2[C@H]1O. The van der Waals surface area contributed by atoms with Crippen LogP contribution in [-0.4, -0.2) is 11.1 Å². The van der Waals surface area contributed by atoms with E-state index in [0.29, 0.717) is 10.0 Å². The van der Waals surface area contributed by atoms with E-state index in [2.05, 4.69) is 0 Å². The minimum atomic E-state index is -0.674. The lowest BCUT2D eigenvalue weighted by molar-refractivity contribution is 0.144. The normalized spacial score (nSPS) is 25.9. The van der Waals surface area contributed by atoms with Crippen molar-refractivity contribution in [1.29, 1.82) is 0 Å². The van der Waals surface area contributed by atoms with Crippen LogP contribution in [0.2, 0.25) is 10.0 Å². The van der Waals surface area contributed by atoms with Crippen molar-refractivity contribution >= 4 is 23.2 Å². The molecule has 0 saturated heterocycles. The summed E-state index contributed by atoms with van der Waals surface area (Å²) in [5, 5.41) is 11.2. The highest BCUT2D eigenvalue weighted by Gasteiger charge is 2.25. The Kier molecular flexibility index (Phi) is 3.21. The van der Waals surface area contributed by atoms with Gasteiger partial charge in [-0.25, -0.2) is 0 Å². The number of aliphatic hydroxyl groups excluding tert-OH is 1. The maximum Gasteiger partial charge on any atom is 0.0957 e. The fourth-order valence-electron chi connectivity index (χ4n) is 2.08. The van der Waals surface area contributed by atoms with Gasteiger partial charge in [0.25, 0.3) is 0 Å². The van der Waals surface area contributed by atoms with Crippen LogP contribution in [0.15, 0.2) is 12.1 Å². The Bertz CT molecular complexity index is 381. The van der Waals surface area contributed by atoms with E-state index in [9.17, 15) is 5.11 Å². The summed E-state index contributed by atoms with van der Waals surface area (Å²) in [7, 11) is 0. The Morgan fingerprint density at radius 1 is 1.33 bits per heavy atom. The third-order valence-electron chi connectivity index (χ3n) is 2.86. The van der Waals surface area contributed by atoms with Crippen molar-refractivity contribution in [2.24, 2.45) is 5.73 Å². The van der Waals surface area contributed by atoms with Crippen LogP contribution in [-0.2, 0) is 6.42 Å². The second kappa shape index (κ2) is 4.30. The van der Waals surface area contributed by atoms with Crippen molar-refractivity contribution in [2.45, 2.75) is 31.4 Å². The summed E-state index contributed by atoms with van der Waals surface area (Å²) < 4.78 is 0. The van der Waals surface area contributed by atoms with Gasteiger partial charge in [-0.15, -0.1) is 0 Å². The van der Waals surface area contributed by atoms with E-state index in [1.165, 1.54) is 0 Å². The molecule has 82 valence electrons. The fraction of sp³-hybridized carbons (Fsp3) is 0.455. The number of nitrogens with two attached hydrogens (primary N) is 1. The maximum absolute atomic E-state index is 10.0. The van der Waals surface area contributed by atoms with Gasteiger partial charge in [0.1, 0.15) is 0 Å². The molecule has 0 aromatic heterocycles. The molecule has 3 N–H and O–H groups in total. The topological polar surface area (TPSA) is 46.2 Å². The highest BCUT2D eigenvalue weighted by Crippen LogP contribution is 2.35. The van der Waals surface area contributed by atoms with E-state index in [0.717, 1.165) is 30.4 Å². The van der Waals surface area contributed by atoms with Crippen molar-refractivity contribution in [3.05, 3.63) is 33.3 Å². The molecule has 0 spiro atoms. The Labute approximate surface area is 99.0 Å². The molecule has 2 nitrogen and oxygen atoms in total. The molecule has 4 heteroatoms. The minimum absolute atomic E-state index is 0.232. The summed E-state index contributed by atoms with van der Waals surface area (Å²) >= 11 is 12.0. The van der Waals surface area contributed by atoms with Crippen molar-refractivity contribution in [2.75, 3.05) is 0 Å². The molecule has 0 radical (unpaired) electrons. The number of hydrogen-bond acceptors (Lipinski definition) is 2. The molecule has 2 atom stereocenters. The number of aliphatic hydroxyl groups is 1. The molecular formula is C11H13Cl2NO. The van der Waals surface area contributed by atoms with Crippen LogP contribution in [0, 0.1) is 0 Å². The lowest BCUT2D eigenvalue weighted by atomic mass is 9.99. The Morgan fingerprint density at radius 2 is 2.07 bits per heavy atom. The second-order valence-corrected chi connectivity index (χ2v) is 4.80. The van der Waals surface area contributed by atoms with Crippen molar-refractivity contribution in [3.63, 3.8) is 0 Å². The van der Waals surface area contributed by atoms with Crippen molar-refractivity contribution in [1.82, 2.24) is 0 Å². The fourth-order valence-corrected chi connectivity index (χ4v) is 2.72. The van der Waals surface area contributed by atoms with Crippen LogP contribution >= 0.6 is 23.2 Å². The Hall–Kier alpha value is -0.280. The van der Waals surface area contributed by atoms with Gasteiger partial charge in [0.2, 0.25) is 0 Å². The number of rotatable bonds is 0. The molecule has 0 heterocycles. The highest BCUT2D eigenvalue weighted by atomic mass is 35.5. The molecule has 1 aliphatic rings. The summed E-state index contributed by atoms with van der Waals surface area (Å²) in [6.07, 6.45) is 1.97. The summed E-state index contributed by atoms with van der Waals surface area (Å²) in [6.45, 7) is 0. The van der Waals surface area contributed by atoms with Crippen molar-refractivity contribution in [3.8, 4) is 0 Å². The number of benzene rings is 1. The van der Waals surface area contributed by atoms with Gasteiger partial charge in [-0.3, -0.25) is 0 Å². The molecule has 0 aliphatic heterocycles. The molecule has 0 unspecified atom stereocenters. The summed E-state index contributed by atoms with van der Waals surface area (Å²) in [5.74, 6) is 0. The van der Waals surface area contributed by atoms with Crippen LogP contribution in [0.25, 0.3) is 0 Å². The molecule has 0 amide bonds. The van der Waals surface area contributed by atoms with E-state index < -0.39 is 6.10 Å². The molecule has 1 aliphatic carbocycles. The first-order valence-corrected chi connectivity index (χ1v) is 5.76. The van der Waals surface area contributed by atoms with Crippen LogP contribution in [0.4, 0.5) is 0 Å².